The molecule has 2 amide bonds. The number of hydrogen-bond acceptors (Lipinski definition) is 7. The first kappa shape index (κ1) is 22.8. The molecule has 0 aliphatic rings. The number of carbonyl (C=O) groups excluding carboxylic acids is 2. The van der Waals surface area contributed by atoms with Gasteiger partial charge in [-0.1, -0.05) is 23.9 Å². The second-order valence-electron chi connectivity index (χ2n) is 7.20. The van der Waals surface area contributed by atoms with Crippen molar-refractivity contribution in [2.45, 2.75) is 38.0 Å². The fourth-order valence-corrected chi connectivity index (χ4v) is 3.88. The number of rotatable bonds is 10. The summed E-state index contributed by atoms with van der Waals surface area (Å²) < 4.78 is 8.14. The molecular weight excluding hydrogens is 420 g/mol. The van der Waals surface area contributed by atoms with Gasteiger partial charge in [0.25, 0.3) is 5.56 Å². The normalized spacial score (nSPS) is 11.4. The van der Waals surface area contributed by atoms with E-state index in [0.717, 1.165) is 0 Å². The minimum Gasteiger partial charge on any atom is -0.383 e. The van der Waals surface area contributed by atoms with E-state index in [1.807, 2.05) is 26.0 Å². The molecule has 3 aromatic rings. The Bertz CT molecular complexity index is 1140. The number of nitrogens with one attached hydrogen (secondary N) is 2. The van der Waals surface area contributed by atoms with Crippen LogP contribution in [0, 0.1) is 0 Å². The van der Waals surface area contributed by atoms with Gasteiger partial charge in [-0.2, -0.15) is 0 Å². The van der Waals surface area contributed by atoms with Gasteiger partial charge in [0.15, 0.2) is 5.16 Å². The van der Waals surface area contributed by atoms with Crippen LogP contribution in [0.25, 0.3) is 16.7 Å². The zero-order valence-electron chi connectivity index (χ0n) is 17.8. The van der Waals surface area contributed by atoms with E-state index in [2.05, 4.69) is 20.8 Å². The molecule has 166 valence electrons. The Morgan fingerprint density at radius 2 is 1.97 bits per heavy atom. The Morgan fingerprint density at radius 3 is 2.71 bits per heavy atom. The summed E-state index contributed by atoms with van der Waals surface area (Å²) in [6, 6.07) is 7.17. The first-order valence-corrected chi connectivity index (χ1v) is 11.0. The van der Waals surface area contributed by atoms with Crippen molar-refractivity contribution in [1.82, 2.24) is 29.8 Å². The molecule has 2 aromatic heterocycles. The van der Waals surface area contributed by atoms with Crippen molar-refractivity contribution in [2.75, 3.05) is 26.0 Å². The second-order valence-corrected chi connectivity index (χ2v) is 8.14. The molecule has 0 saturated heterocycles. The molecule has 2 heterocycles. The van der Waals surface area contributed by atoms with Crippen LogP contribution in [-0.4, -0.2) is 63.0 Å². The van der Waals surface area contributed by atoms with Gasteiger partial charge in [-0.05, 0) is 26.0 Å². The van der Waals surface area contributed by atoms with Crippen LogP contribution in [0.1, 0.15) is 20.3 Å². The highest BCUT2D eigenvalue weighted by Crippen LogP contribution is 2.21. The van der Waals surface area contributed by atoms with Crippen molar-refractivity contribution in [3.63, 3.8) is 0 Å². The van der Waals surface area contributed by atoms with E-state index < -0.39 is 0 Å². The number of aromatic nitrogens is 4. The number of fused-ring (bicyclic) bond motifs is 3. The minimum atomic E-state index is -0.235. The first-order chi connectivity index (χ1) is 14.9. The SMILES string of the molecule is COCCNC(=O)CSc1nnc2n(CCC(=O)NC(C)C)c(=O)c3ccccc3n12. The maximum atomic E-state index is 13.1. The molecule has 0 aliphatic carbocycles. The summed E-state index contributed by atoms with van der Waals surface area (Å²) in [6.45, 7) is 4.80. The van der Waals surface area contributed by atoms with Crippen LogP contribution in [0.3, 0.4) is 0 Å². The van der Waals surface area contributed by atoms with E-state index >= 15 is 0 Å². The number of benzene rings is 1. The zero-order chi connectivity index (χ0) is 22.4. The molecule has 0 spiro atoms. The number of aryl methyl sites for hydroxylation is 1. The molecule has 0 saturated carbocycles. The van der Waals surface area contributed by atoms with Gasteiger partial charge in [-0.15, -0.1) is 10.2 Å². The number of ether oxygens (including phenoxy) is 1. The molecule has 0 atom stereocenters. The highest BCUT2D eigenvalue weighted by molar-refractivity contribution is 7.99. The smallest absolute Gasteiger partial charge is 0.262 e. The van der Waals surface area contributed by atoms with Crippen LogP contribution in [0.2, 0.25) is 0 Å². The molecule has 2 N–H and O–H groups in total. The predicted molar refractivity (Wildman–Crippen MR) is 118 cm³/mol. The van der Waals surface area contributed by atoms with E-state index in [9.17, 15) is 14.4 Å². The van der Waals surface area contributed by atoms with Crippen molar-refractivity contribution in [3.8, 4) is 0 Å². The van der Waals surface area contributed by atoms with Crippen molar-refractivity contribution in [3.05, 3.63) is 34.6 Å². The second kappa shape index (κ2) is 10.4. The average molecular weight is 447 g/mol. The lowest BCUT2D eigenvalue weighted by molar-refractivity contribution is -0.122. The zero-order valence-corrected chi connectivity index (χ0v) is 18.6. The molecule has 0 fully saturated rings. The summed E-state index contributed by atoms with van der Waals surface area (Å²) in [5.74, 6) is 0.189. The third-order valence-corrected chi connectivity index (χ3v) is 5.38. The maximum absolute atomic E-state index is 13.1. The van der Waals surface area contributed by atoms with Crippen LogP contribution >= 0.6 is 11.8 Å². The van der Waals surface area contributed by atoms with Gasteiger partial charge in [0.05, 0.1) is 23.3 Å². The van der Waals surface area contributed by atoms with Crippen molar-refractivity contribution in [2.24, 2.45) is 0 Å². The summed E-state index contributed by atoms with van der Waals surface area (Å²) >= 11 is 1.23. The van der Waals surface area contributed by atoms with Gasteiger partial charge in [-0.3, -0.25) is 23.4 Å². The Morgan fingerprint density at radius 1 is 1.19 bits per heavy atom. The standard InChI is InChI=1S/C20H26N6O4S/c1-13(2)22-16(27)8-10-25-18(29)14-6-4-5-7-15(14)26-19(25)23-24-20(26)31-12-17(28)21-9-11-30-3/h4-7,13H,8-12H2,1-3H3,(H,21,28)(H,22,27). The quantitative estimate of drug-likeness (QED) is 0.349. The van der Waals surface area contributed by atoms with Gasteiger partial charge < -0.3 is 15.4 Å². The number of thioether (sulfide) groups is 1. The summed E-state index contributed by atoms with van der Waals surface area (Å²) in [5, 5.41) is 15.0. The van der Waals surface area contributed by atoms with Crippen molar-refractivity contribution < 1.29 is 14.3 Å². The van der Waals surface area contributed by atoms with E-state index in [1.165, 1.54) is 16.3 Å². The van der Waals surface area contributed by atoms with Crippen molar-refractivity contribution in [1.29, 1.82) is 0 Å². The molecule has 0 radical (unpaired) electrons. The number of carbonyl (C=O) groups is 2. The number of para-hydroxylation sites is 1. The lowest BCUT2D eigenvalue weighted by atomic mass is 10.2. The minimum absolute atomic E-state index is 0.0203. The highest BCUT2D eigenvalue weighted by Gasteiger charge is 2.18. The molecule has 0 aliphatic heterocycles. The fourth-order valence-electron chi connectivity index (χ4n) is 3.11. The van der Waals surface area contributed by atoms with Crippen LogP contribution in [0.4, 0.5) is 0 Å². The summed E-state index contributed by atoms with van der Waals surface area (Å²) in [7, 11) is 1.57. The number of hydrogen-bond donors (Lipinski definition) is 2. The van der Waals surface area contributed by atoms with Crippen molar-refractivity contribution >= 4 is 40.3 Å². The van der Waals surface area contributed by atoms with E-state index in [0.29, 0.717) is 35.0 Å². The Hall–Kier alpha value is -2.92. The van der Waals surface area contributed by atoms with Crippen LogP contribution in [0.15, 0.2) is 34.2 Å². The van der Waals surface area contributed by atoms with Gasteiger partial charge in [0.2, 0.25) is 17.6 Å². The van der Waals surface area contributed by atoms with E-state index in [4.69, 9.17) is 4.74 Å². The monoisotopic (exact) mass is 446 g/mol. The summed E-state index contributed by atoms with van der Waals surface area (Å²) in [5.41, 5.74) is 0.416. The number of amides is 2. The van der Waals surface area contributed by atoms with Crippen LogP contribution in [0.5, 0.6) is 0 Å². The van der Waals surface area contributed by atoms with Crippen LogP contribution < -0.4 is 16.2 Å². The maximum Gasteiger partial charge on any atom is 0.262 e. The molecule has 0 bridgehead atoms. The molecule has 1 aromatic carbocycles. The Labute approximate surface area is 183 Å². The molecule has 11 heteroatoms. The summed E-state index contributed by atoms with van der Waals surface area (Å²) in [4.78, 5) is 37.2. The molecule has 31 heavy (non-hydrogen) atoms. The Balaban J connectivity index is 1.92. The van der Waals surface area contributed by atoms with E-state index in [1.54, 1.807) is 23.6 Å². The third-order valence-electron chi connectivity index (χ3n) is 4.45. The Kier molecular flexibility index (Phi) is 7.64. The first-order valence-electron chi connectivity index (χ1n) is 9.96. The number of methoxy groups -OCH3 is 1. The molecule has 0 unspecified atom stereocenters. The summed E-state index contributed by atoms with van der Waals surface area (Å²) in [6.07, 6.45) is 0.142. The van der Waals surface area contributed by atoms with Gasteiger partial charge in [-0.25, -0.2) is 0 Å². The van der Waals surface area contributed by atoms with Gasteiger partial charge in [0, 0.05) is 32.7 Å². The predicted octanol–water partition coefficient (Wildman–Crippen LogP) is 0.814. The lowest BCUT2D eigenvalue weighted by Crippen LogP contribution is -2.32. The number of nitrogens with zero attached hydrogens (tertiary/aromatic N) is 4. The van der Waals surface area contributed by atoms with Crippen LogP contribution in [-0.2, 0) is 20.9 Å². The van der Waals surface area contributed by atoms with Gasteiger partial charge in [0.1, 0.15) is 0 Å². The molecule has 3 rings (SSSR count). The van der Waals surface area contributed by atoms with E-state index in [-0.39, 0.29) is 42.1 Å². The average Bonchev–Trinajstić information content (AvgIpc) is 3.16. The molecule has 10 nitrogen and oxygen atoms in total. The van der Waals surface area contributed by atoms with Gasteiger partial charge >= 0.3 is 0 Å². The highest BCUT2D eigenvalue weighted by atomic mass is 32.2. The largest absolute Gasteiger partial charge is 0.383 e. The lowest BCUT2D eigenvalue weighted by Gasteiger charge is -2.12. The third kappa shape index (κ3) is 5.42. The topological polar surface area (TPSA) is 120 Å². The molecular formula is C20H26N6O4S. The fraction of sp³-hybridized carbons (Fsp3) is 0.450.